The van der Waals surface area contributed by atoms with Gasteiger partial charge in [-0.15, -0.1) is 0 Å². The highest BCUT2D eigenvalue weighted by atomic mass is 32.1. The van der Waals surface area contributed by atoms with E-state index in [0.29, 0.717) is 18.7 Å². The molecule has 0 saturated carbocycles. The molecule has 1 aliphatic heterocycles. The lowest BCUT2D eigenvalue weighted by molar-refractivity contribution is -0.384. The molecule has 2 heterocycles. The van der Waals surface area contributed by atoms with Crippen LogP contribution >= 0.6 is 11.3 Å². The van der Waals surface area contributed by atoms with E-state index in [2.05, 4.69) is 30.9 Å². The Balaban J connectivity index is 1.39. The number of carbonyl (C=O) groups excluding carboxylic acids is 1. The van der Waals surface area contributed by atoms with E-state index in [9.17, 15) is 14.9 Å². The van der Waals surface area contributed by atoms with Gasteiger partial charge >= 0.3 is 0 Å². The number of aromatic nitrogens is 1. The Kier molecular flexibility index (Phi) is 5.50. The molecular formula is C22H22N4O3S. The largest absolute Gasteiger partial charge is 0.345 e. The quantitative estimate of drug-likeness (QED) is 0.358. The van der Waals surface area contributed by atoms with E-state index in [1.807, 2.05) is 0 Å². The number of aryl methyl sites for hydroxylation is 2. The minimum atomic E-state index is -0.441. The van der Waals surface area contributed by atoms with E-state index in [4.69, 9.17) is 4.98 Å². The molecule has 2 aromatic carbocycles. The fourth-order valence-electron chi connectivity index (χ4n) is 3.48. The highest BCUT2D eigenvalue weighted by Crippen LogP contribution is 2.32. The molecule has 8 heteroatoms. The number of piperazine rings is 1. The second-order valence-electron chi connectivity index (χ2n) is 7.35. The summed E-state index contributed by atoms with van der Waals surface area (Å²) in [5, 5.41) is 11.9. The first-order valence-electron chi connectivity index (χ1n) is 9.75. The standard InChI is InChI=1S/C22H22N4O3S/c1-15-6-8-19-21(16(15)2)23-22(30-19)25-12-10-24(11-13-25)20(27)9-7-17-4-3-5-18(14-17)26(28)29/h3-9,14H,10-13H2,1-2H3. The van der Waals surface area contributed by atoms with E-state index in [1.54, 1.807) is 34.4 Å². The molecule has 4 rings (SSSR count). The Bertz CT molecular complexity index is 1150. The molecule has 3 aromatic rings. The van der Waals surface area contributed by atoms with E-state index in [1.165, 1.54) is 34.0 Å². The van der Waals surface area contributed by atoms with Gasteiger partial charge in [-0.05, 0) is 42.7 Å². The first kappa shape index (κ1) is 20.0. The summed E-state index contributed by atoms with van der Waals surface area (Å²) in [5.74, 6) is -0.0862. The van der Waals surface area contributed by atoms with Crippen LogP contribution in [0.15, 0.2) is 42.5 Å². The maximum Gasteiger partial charge on any atom is 0.270 e. The zero-order valence-corrected chi connectivity index (χ0v) is 17.7. The summed E-state index contributed by atoms with van der Waals surface area (Å²) < 4.78 is 1.19. The van der Waals surface area contributed by atoms with E-state index in [0.717, 1.165) is 23.7 Å². The van der Waals surface area contributed by atoms with Crippen molar-refractivity contribution in [2.24, 2.45) is 0 Å². The number of thiazole rings is 1. The van der Waals surface area contributed by atoms with Crippen LogP contribution in [0, 0.1) is 24.0 Å². The SMILES string of the molecule is Cc1ccc2sc(N3CCN(C(=O)C=Cc4cccc([N+](=O)[O-])c4)CC3)nc2c1C. The molecule has 1 aromatic heterocycles. The summed E-state index contributed by atoms with van der Waals surface area (Å²) in [5.41, 5.74) is 4.17. The maximum atomic E-state index is 12.5. The van der Waals surface area contributed by atoms with Crippen molar-refractivity contribution in [2.75, 3.05) is 31.1 Å². The number of anilines is 1. The van der Waals surface area contributed by atoms with Crippen LogP contribution < -0.4 is 4.90 Å². The highest BCUT2D eigenvalue weighted by Gasteiger charge is 2.22. The van der Waals surface area contributed by atoms with Crippen molar-refractivity contribution in [2.45, 2.75) is 13.8 Å². The fraction of sp³-hybridized carbons (Fsp3) is 0.273. The van der Waals surface area contributed by atoms with E-state index < -0.39 is 4.92 Å². The van der Waals surface area contributed by atoms with Gasteiger partial charge in [0.15, 0.2) is 5.13 Å². The van der Waals surface area contributed by atoms with Crippen molar-refractivity contribution >= 4 is 44.4 Å². The number of non-ortho nitro benzene ring substituents is 1. The van der Waals surface area contributed by atoms with E-state index in [-0.39, 0.29) is 11.6 Å². The number of nitrogens with zero attached hydrogens (tertiary/aromatic N) is 4. The third kappa shape index (κ3) is 4.04. The van der Waals surface area contributed by atoms with Crippen LogP contribution in [-0.2, 0) is 4.79 Å². The third-order valence-corrected chi connectivity index (χ3v) is 6.52. The number of hydrogen-bond acceptors (Lipinski definition) is 6. The average molecular weight is 423 g/mol. The van der Waals surface area contributed by atoms with Gasteiger partial charge in [-0.25, -0.2) is 4.98 Å². The number of hydrogen-bond donors (Lipinski definition) is 0. The van der Waals surface area contributed by atoms with Crippen molar-refractivity contribution in [3.63, 3.8) is 0 Å². The Morgan fingerprint density at radius 1 is 1.17 bits per heavy atom. The van der Waals surface area contributed by atoms with Crippen LogP contribution in [0.1, 0.15) is 16.7 Å². The molecule has 30 heavy (non-hydrogen) atoms. The molecular weight excluding hydrogens is 400 g/mol. The van der Waals surface area contributed by atoms with Gasteiger partial charge in [0.2, 0.25) is 5.91 Å². The van der Waals surface area contributed by atoms with Gasteiger partial charge in [0.25, 0.3) is 5.69 Å². The molecule has 7 nitrogen and oxygen atoms in total. The Hall–Kier alpha value is -3.26. The van der Waals surface area contributed by atoms with Crippen LogP contribution in [-0.4, -0.2) is 46.9 Å². The van der Waals surface area contributed by atoms with Crippen LogP contribution in [0.5, 0.6) is 0 Å². The van der Waals surface area contributed by atoms with Gasteiger partial charge in [-0.2, -0.15) is 0 Å². The monoisotopic (exact) mass is 422 g/mol. The zero-order valence-electron chi connectivity index (χ0n) is 16.9. The summed E-state index contributed by atoms with van der Waals surface area (Å²) in [7, 11) is 0. The first-order valence-corrected chi connectivity index (χ1v) is 10.6. The number of rotatable bonds is 4. The molecule has 0 N–H and O–H groups in total. The minimum Gasteiger partial charge on any atom is -0.345 e. The van der Waals surface area contributed by atoms with Crippen LogP contribution in [0.25, 0.3) is 16.3 Å². The van der Waals surface area contributed by atoms with Crippen molar-refractivity contribution in [3.8, 4) is 0 Å². The second kappa shape index (κ2) is 8.23. The number of amides is 1. The number of benzene rings is 2. The Morgan fingerprint density at radius 2 is 1.93 bits per heavy atom. The van der Waals surface area contributed by atoms with Crippen molar-refractivity contribution in [3.05, 3.63) is 69.3 Å². The number of carbonyl (C=O) groups is 1. The molecule has 0 atom stereocenters. The molecule has 1 aliphatic rings. The molecule has 0 aliphatic carbocycles. The molecule has 0 bridgehead atoms. The molecule has 1 fully saturated rings. The zero-order chi connectivity index (χ0) is 21.3. The topological polar surface area (TPSA) is 79.6 Å². The van der Waals surface area contributed by atoms with Gasteiger partial charge in [-0.3, -0.25) is 14.9 Å². The number of nitro groups is 1. The summed E-state index contributed by atoms with van der Waals surface area (Å²) in [6.07, 6.45) is 3.11. The molecule has 0 spiro atoms. The summed E-state index contributed by atoms with van der Waals surface area (Å²) in [6, 6.07) is 10.5. The number of nitro benzene ring substituents is 1. The van der Waals surface area contributed by atoms with Crippen molar-refractivity contribution < 1.29 is 9.72 Å². The fourth-order valence-corrected chi connectivity index (χ4v) is 4.56. The lowest BCUT2D eigenvalue weighted by Crippen LogP contribution is -2.48. The predicted molar refractivity (Wildman–Crippen MR) is 120 cm³/mol. The summed E-state index contributed by atoms with van der Waals surface area (Å²) in [6.45, 7) is 6.89. The number of fused-ring (bicyclic) bond motifs is 1. The van der Waals surface area contributed by atoms with Gasteiger partial charge < -0.3 is 9.80 Å². The average Bonchev–Trinajstić information content (AvgIpc) is 3.20. The molecule has 0 unspecified atom stereocenters. The summed E-state index contributed by atoms with van der Waals surface area (Å²) in [4.78, 5) is 31.8. The first-order chi connectivity index (χ1) is 14.4. The van der Waals surface area contributed by atoms with Crippen LogP contribution in [0.3, 0.4) is 0 Å². The van der Waals surface area contributed by atoms with Gasteiger partial charge in [0.1, 0.15) is 0 Å². The Labute approximate surface area is 178 Å². The predicted octanol–water partition coefficient (Wildman–Crippen LogP) is 4.18. The van der Waals surface area contributed by atoms with Crippen molar-refractivity contribution in [1.29, 1.82) is 0 Å². The minimum absolute atomic E-state index is 0.0134. The van der Waals surface area contributed by atoms with Gasteiger partial charge in [0.05, 0.1) is 15.1 Å². The second-order valence-corrected chi connectivity index (χ2v) is 8.36. The molecule has 1 saturated heterocycles. The van der Waals surface area contributed by atoms with E-state index >= 15 is 0 Å². The molecule has 154 valence electrons. The summed E-state index contributed by atoms with van der Waals surface area (Å²) >= 11 is 1.69. The molecule has 0 radical (unpaired) electrons. The van der Waals surface area contributed by atoms with Crippen molar-refractivity contribution in [1.82, 2.24) is 9.88 Å². The lowest BCUT2D eigenvalue weighted by atomic mass is 10.1. The maximum absolute atomic E-state index is 12.5. The Morgan fingerprint density at radius 3 is 2.67 bits per heavy atom. The van der Waals surface area contributed by atoms with Crippen LogP contribution in [0.4, 0.5) is 10.8 Å². The van der Waals surface area contributed by atoms with Gasteiger partial charge in [0, 0.05) is 44.4 Å². The lowest BCUT2D eigenvalue weighted by Gasteiger charge is -2.34. The van der Waals surface area contributed by atoms with Gasteiger partial charge in [-0.1, -0.05) is 29.5 Å². The molecule has 1 amide bonds. The highest BCUT2D eigenvalue weighted by molar-refractivity contribution is 7.22. The smallest absolute Gasteiger partial charge is 0.270 e. The normalized spacial score (nSPS) is 14.6. The van der Waals surface area contributed by atoms with Crippen LogP contribution in [0.2, 0.25) is 0 Å². The third-order valence-electron chi connectivity index (χ3n) is 5.43.